The molecule has 0 aliphatic carbocycles. The van der Waals surface area contributed by atoms with Crippen molar-refractivity contribution in [2.75, 3.05) is 40.9 Å². The van der Waals surface area contributed by atoms with Crippen molar-refractivity contribution >= 4 is 13.7 Å². The number of allylic oxidation sites excluding steroid dienone is 15. The predicted molar refractivity (Wildman–Crippen MR) is 274 cm³/mol. The zero-order chi connectivity index (χ0) is 47.1. The van der Waals surface area contributed by atoms with Gasteiger partial charge in [-0.1, -0.05) is 214 Å². The smallest absolute Gasteiger partial charge is 0.268 e. The molecule has 0 aliphatic rings. The van der Waals surface area contributed by atoms with Gasteiger partial charge < -0.3 is 28.8 Å². The molecule has 0 aromatic rings. The second kappa shape index (κ2) is 45.6. The first-order chi connectivity index (χ1) is 31.0. The van der Waals surface area contributed by atoms with Crippen LogP contribution in [0.4, 0.5) is 0 Å². The minimum absolute atomic E-state index is 0.0251. The Hall–Kier alpha value is -2.58. The maximum atomic E-state index is 12.9. The van der Waals surface area contributed by atoms with Crippen LogP contribution in [0.3, 0.4) is 0 Å². The second-order valence-electron chi connectivity index (χ2n) is 18.1. The summed E-state index contributed by atoms with van der Waals surface area (Å²) in [7, 11) is 1.18. The van der Waals surface area contributed by atoms with Crippen LogP contribution in [-0.4, -0.2) is 68.5 Å². The van der Waals surface area contributed by atoms with Gasteiger partial charge in [-0.2, -0.15) is 0 Å². The molecule has 2 N–H and O–H groups in total. The normalized spacial score (nSPS) is 14.9. The molecule has 368 valence electrons. The molecule has 0 rings (SSSR count). The largest absolute Gasteiger partial charge is 0.756 e. The highest BCUT2D eigenvalue weighted by Gasteiger charge is 2.23. The lowest BCUT2D eigenvalue weighted by Gasteiger charge is -2.29. The monoisotopic (exact) mass is 913 g/mol. The number of phosphoric ester groups is 1. The summed E-state index contributed by atoms with van der Waals surface area (Å²) in [6.07, 6.45) is 64.9. The number of amides is 1. The summed E-state index contributed by atoms with van der Waals surface area (Å²) in [5.74, 6) is -0.292. The molecule has 0 spiro atoms. The Balaban J connectivity index is 4.48. The average molecular weight is 913 g/mol. The van der Waals surface area contributed by atoms with E-state index in [1.54, 1.807) is 6.08 Å². The summed E-state index contributed by atoms with van der Waals surface area (Å²) in [6, 6.07) is -0.950. The summed E-state index contributed by atoms with van der Waals surface area (Å²) >= 11 is 0. The van der Waals surface area contributed by atoms with Crippen molar-refractivity contribution in [3.8, 4) is 0 Å². The summed E-state index contributed by atoms with van der Waals surface area (Å²) in [4.78, 5) is 25.4. The quantitative estimate of drug-likeness (QED) is 0.0273. The van der Waals surface area contributed by atoms with E-state index >= 15 is 0 Å². The number of hydrogen-bond donors (Lipinski definition) is 2. The topological polar surface area (TPSA) is 108 Å². The highest BCUT2D eigenvalue weighted by Crippen LogP contribution is 2.38. The third kappa shape index (κ3) is 47.4. The van der Waals surface area contributed by atoms with Crippen molar-refractivity contribution < 1.29 is 32.9 Å². The zero-order valence-electron chi connectivity index (χ0n) is 41.7. The second-order valence-corrected chi connectivity index (χ2v) is 19.5. The third-order valence-electron chi connectivity index (χ3n) is 10.8. The van der Waals surface area contributed by atoms with E-state index in [-0.39, 0.29) is 18.9 Å². The van der Waals surface area contributed by atoms with Crippen molar-refractivity contribution in [1.29, 1.82) is 0 Å². The molecule has 0 radical (unpaired) electrons. The summed E-state index contributed by atoms with van der Waals surface area (Å²) in [5.41, 5.74) is 0. The lowest BCUT2D eigenvalue weighted by molar-refractivity contribution is -0.870. The molecule has 0 bridgehead atoms. The number of rotatable bonds is 45. The molecule has 0 saturated carbocycles. The number of carbonyl (C=O) groups is 1. The number of nitrogens with zero attached hydrogens (tertiary/aromatic N) is 1. The third-order valence-corrected chi connectivity index (χ3v) is 11.8. The maximum absolute atomic E-state index is 12.9. The van der Waals surface area contributed by atoms with Crippen molar-refractivity contribution in [3.63, 3.8) is 0 Å². The average Bonchev–Trinajstić information content (AvgIpc) is 3.25. The highest BCUT2D eigenvalue weighted by molar-refractivity contribution is 7.45. The van der Waals surface area contributed by atoms with Crippen LogP contribution in [0.2, 0.25) is 0 Å². The Bertz CT molecular complexity index is 1360. The van der Waals surface area contributed by atoms with Gasteiger partial charge in [0.05, 0.1) is 39.9 Å². The van der Waals surface area contributed by atoms with E-state index in [2.05, 4.69) is 92.1 Å². The molecular weight excluding hydrogens is 816 g/mol. The Morgan fingerprint density at radius 2 is 0.969 bits per heavy atom. The van der Waals surface area contributed by atoms with Gasteiger partial charge in [-0.15, -0.1) is 0 Å². The van der Waals surface area contributed by atoms with E-state index in [9.17, 15) is 19.4 Å². The Kier molecular flexibility index (Phi) is 43.7. The molecule has 64 heavy (non-hydrogen) atoms. The number of carbonyl (C=O) groups excluding carboxylic acids is 1. The molecule has 8 nitrogen and oxygen atoms in total. The molecule has 3 unspecified atom stereocenters. The molecular formula is C55H97N2O6P. The molecule has 0 aromatic carbocycles. The number of hydrogen-bond acceptors (Lipinski definition) is 6. The van der Waals surface area contributed by atoms with Crippen LogP contribution in [0.5, 0.6) is 0 Å². The van der Waals surface area contributed by atoms with E-state index < -0.39 is 26.6 Å². The van der Waals surface area contributed by atoms with E-state index in [0.717, 1.165) is 57.8 Å². The molecule has 0 aliphatic heterocycles. The summed E-state index contributed by atoms with van der Waals surface area (Å²) in [5, 5.41) is 13.8. The van der Waals surface area contributed by atoms with Crippen LogP contribution in [-0.2, 0) is 18.4 Å². The van der Waals surface area contributed by atoms with Crippen molar-refractivity contribution in [3.05, 3.63) is 97.2 Å². The van der Waals surface area contributed by atoms with Crippen molar-refractivity contribution in [2.24, 2.45) is 0 Å². The number of aliphatic hydroxyl groups excluding tert-OH is 1. The van der Waals surface area contributed by atoms with Crippen LogP contribution in [0.25, 0.3) is 0 Å². The van der Waals surface area contributed by atoms with Crippen LogP contribution in [0.1, 0.15) is 194 Å². The zero-order valence-corrected chi connectivity index (χ0v) is 42.6. The van der Waals surface area contributed by atoms with E-state index in [1.807, 2.05) is 39.4 Å². The fourth-order valence-electron chi connectivity index (χ4n) is 6.78. The number of likely N-dealkylation sites (N-methyl/N-ethyl adjacent to an activating group) is 1. The molecule has 9 heteroatoms. The van der Waals surface area contributed by atoms with Gasteiger partial charge in [0.2, 0.25) is 5.91 Å². The lowest BCUT2D eigenvalue weighted by atomic mass is 10.0. The van der Waals surface area contributed by atoms with Gasteiger partial charge in [-0.05, 0) is 70.6 Å². The molecule has 3 atom stereocenters. The Morgan fingerprint density at radius 3 is 1.44 bits per heavy atom. The fourth-order valence-corrected chi connectivity index (χ4v) is 7.50. The molecule has 0 saturated heterocycles. The minimum atomic E-state index is -4.63. The number of nitrogens with one attached hydrogen (secondary N) is 1. The fraction of sp³-hybridized carbons (Fsp3) is 0.691. The van der Waals surface area contributed by atoms with Gasteiger partial charge in [-0.3, -0.25) is 9.36 Å². The van der Waals surface area contributed by atoms with Gasteiger partial charge in [0, 0.05) is 6.42 Å². The van der Waals surface area contributed by atoms with Crippen molar-refractivity contribution in [1.82, 2.24) is 5.32 Å². The van der Waals surface area contributed by atoms with Crippen LogP contribution in [0, 0.1) is 0 Å². The van der Waals surface area contributed by atoms with E-state index in [1.165, 1.54) is 109 Å². The first kappa shape index (κ1) is 61.4. The number of unbranched alkanes of at least 4 members (excludes halogenated alkanes) is 18. The van der Waals surface area contributed by atoms with E-state index in [4.69, 9.17) is 9.05 Å². The van der Waals surface area contributed by atoms with Gasteiger partial charge in [0.1, 0.15) is 13.2 Å². The molecule has 0 fully saturated rings. The van der Waals surface area contributed by atoms with E-state index in [0.29, 0.717) is 17.4 Å². The minimum Gasteiger partial charge on any atom is -0.756 e. The van der Waals surface area contributed by atoms with Crippen LogP contribution in [0.15, 0.2) is 97.2 Å². The van der Waals surface area contributed by atoms with Gasteiger partial charge in [-0.25, -0.2) is 0 Å². The highest BCUT2D eigenvalue weighted by atomic mass is 31.2. The van der Waals surface area contributed by atoms with Crippen LogP contribution < -0.4 is 10.2 Å². The number of phosphoric acid groups is 1. The summed E-state index contributed by atoms with van der Waals surface area (Å²) < 4.78 is 23.2. The lowest BCUT2D eigenvalue weighted by Crippen LogP contribution is -2.45. The molecule has 0 heterocycles. The maximum Gasteiger partial charge on any atom is 0.268 e. The number of quaternary nitrogens is 1. The SMILES string of the molecule is CC/C=C\C/C=C\C/C=C\C/C=C\C/C=C\C/C=C\CCC(=O)NC(COP(=O)([O-])OCC[N+](C)(C)C)C(O)/C=C/CC/C=C/CCCCCCCCCCCCCCCCCCC. The number of aliphatic hydroxyl groups is 1. The Morgan fingerprint density at radius 1 is 0.562 bits per heavy atom. The first-order valence-corrected chi connectivity index (χ1v) is 27.1. The predicted octanol–water partition coefficient (Wildman–Crippen LogP) is 14.5. The standard InChI is InChI=1S/C55H97N2O6P/c1-6-8-10-12-14-16-18-20-22-24-26-27-28-29-31-32-34-36-38-40-42-44-46-48-54(58)53(52-63-64(60,61)62-51-50-57(3,4)5)56-55(59)49-47-45-43-41-39-37-35-33-30-25-23-21-19-17-15-13-11-9-7-2/h9,11,15,17,21,23,30,33,37-40,43,45-46,48,53-54,58H,6-8,10,12-14,16,18-20,22,24-29,31-32,34-36,41-42,44,47,49-52H2,1-5H3,(H-,56,59,60,61)/b11-9-,17-15-,23-21-,33-30-,39-37-,40-38+,45-43-,48-46+. The first-order valence-electron chi connectivity index (χ1n) is 25.6. The van der Waals surface area contributed by atoms with Crippen LogP contribution >= 0.6 is 7.82 Å². The van der Waals surface area contributed by atoms with Gasteiger partial charge in [0.25, 0.3) is 7.82 Å². The molecule has 0 aromatic heterocycles. The summed E-state index contributed by atoms with van der Waals surface area (Å²) in [6.45, 7) is 4.45. The van der Waals surface area contributed by atoms with Gasteiger partial charge in [0.15, 0.2) is 0 Å². The van der Waals surface area contributed by atoms with Gasteiger partial charge >= 0.3 is 0 Å². The molecule has 1 amide bonds. The Labute approximate surface area is 394 Å². The van der Waals surface area contributed by atoms with Crippen molar-refractivity contribution in [2.45, 2.75) is 206 Å².